The molecule has 0 spiro atoms. The summed E-state index contributed by atoms with van der Waals surface area (Å²) >= 11 is 0. The minimum atomic E-state index is -0.939. The number of halogens is 1. The van der Waals surface area contributed by atoms with Crippen LogP contribution in [0.25, 0.3) is 6.08 Å². The summed E-state index contributed by atoms with van der Waals surface area (Å²) in [4.78, 5) is 23.9. The standard InChI is InChI=1S/C20H20FNO3/c1-13-4-10-18(14(2)12-13)22-20(24)15(3)25-19(23)11-7-16-5-8-17(21)9-6-16/h4-12,15H,1-3H3,(H,22,24)/b11-7+. The molecule has 0 saturated heterocycles. The van der Waals surface area contributed by atoms with Crippen LogP contribution in [-0.4, -0.2) is 18.0 Å². The highest BCUT2D eigenvalue weighted by atomic mass is 19.1. The Balaban J connectivity index is 1.91. The molecular weight excluding hydrogens is 321 g/mol. The summed E-state index contributed by atoms with van der Waals surface area (Å²) in [5.74, 6) is -1.40. The molecule has 0 aliphatic rings. The van der Waals surface area contributed by atoms with Crippen molar-refractivity contribution in [2.75, 3.05) is 5.32 Å². The molecule has 0 fully saturated rings. The van der Waals surface area contributed by atoms with Gasteiger partial charge < -0.3 is 10.1 Å². The second kappa shape index (κ2) is 8.24. The van der Waals surface area contributed by atoms with Gasteiger partial charge in [0, 0.05) is 11.8 Å². The fourth-order valence-corrected chi connectivity index (χ4v) is 2.19. The fraction of sp³-hybridized carbons (Fsp3) is 0.200. The van der Waals surface area contributed by atoms with Crippen LogP contribution in [0.3, 0.4) is 0 Å². The van der Waals surface area contributed by atoms with Crippen LogP contribution in [0.15, 0.2) is 48.5 Å². The number of anilines is 1. The quantitative estimate of drug-likeness (QED) is 0.660. The van der Waals surface area contributed by atoms with Gasteiger partial charge in [-0.15, -0.1) is 0 Å². The molecule has 0 aliphatic heterocycles. The van der Waals surface area contributed by atoms with E-state index in [2.05, 4.69) is 5.32 Å². The lowest BCUT2D eigenvalue weighted by Crippen LogP contribution is -2.29. The van der Waals surface area contributed by atoms with E-state index in [1.54, 1.807) is 0 Å². The van der Waals surface area contributed by atoms with E-state index in [4.69, 9.17) is 4.74 Å². The van der Waals surface area contributed by atoms with E-state index in [0.29, 0.717) is 11.3 Å². The van der Waals surface area contributed by atoms with Crippen LogP contribution in [0.1, 0.15) is 23.6 Å². The number of benzene rings is 2. The third-order valence-corrected chi connectivity index (χ3v) is 3.58. The number of aryl methyl sites for hydroxylation is 2. The number of hydrogen-bond acceptors (Lipinski definition) is 3. The van der Waals surface area contributed by atoms with E-state index < -0.39 is 18.0 Å². The van der Waals surface area contributed by atoms with Crippen molar-refractivity contribution < 1.29 is 18.7 Å². The number of hydrogen-bond donors (Lipinski definition) is 1. The molecule has 0 saturated carbocycles. The molecule has 0 heterocycles. The highest BCUT2D eigenvalue weighted by molar-refractivity contribution is 5.97. The molecule has 0 bridgehead atoms. The van der Waals surface area contributed by atoms with Crippen LogP contribution >= 0.6 is 0 Å². The Morgan fingerprint density at radius 1 is 1.12 bits per heavy atom. The zero-order valence-electron chi connectivity index (χ0n) is 14.4. The number of ether oxygens (including phenoxy) is 1. The van der Waals surface area contributed by atoms with E-state index in [9.17, 15) is 14.0 Å². The Morgan fingerprint density at radius 2 is 1.80 bits per heavy atom. The third-order valence-electron chi connectivity index (χ3n) is 3.58. The van der Waals surface area contributed by atoms with E-state index in [1.165, 1.54) is 43.3 Å². The van der Waals surface area contributed by atoms with E-state index in [-0.39, 0.29) is 5.82 Å². The monoisotopic (exact) mass is 341 g/mol. The molecule has 2 aromatic rings. The second-order valence-corrected chi connectivity index (χ2v) is 5.77. The summed E-state index contributed by atoms with van der Waals surface area (Å²) in [5.41, 5.74) is 3.37. The van der Waals surface area contributed by atoms with Crippen molar-refractivity contribution in [3.63, 3.8) is 0 Å². The van der Waals surface area contributed by atoms with Gasteiger partial charge in [-0.25, -0.2) is 9.18 Å². The third kappa shape index (κ3) is 5.57. The van der Waals surface area contributed by atoms with Gasteiger partial charge in [-0.05, 0) is 56.2 Å². The predicted molar refractivity (Wildman–Crippen MR) is 95.5 cm³/mol. The summed E-state index contributed by atoms with van der Waals surface area (Å²) < 4.78 is 17.9. The van der Waals surface area contributed by atoms with Gasteiger partial charge >= 0.3 is 5.97 Å². The van der Waals surface area contributed by atoms with Crippen molar-refractivity contribution in [3.8, 4) is 0 Å². The average Bonchev–Trinajstić information content (AvgIpc) is 2.56. The Hall–Kier alpha value is -2.95. The van der Waals surface area contributed by atoms with Gasteiger partial charge in [-0.2, -0.15) is 0 Å². The summed E-state index contributed by atoms with van der Waals surface area (Å²) in [7, 11) is 0. The topological polar surface area (TPSA) is 55.4 Å². The van der Waals surface area contributed by atoms with Gasteiger partial charge in [0.15, 0.2) is 6.10 Å². The lowest BCUT2D eigenvalue weighted by molar-refractivity contribution is -0.148. The van der Waals surface area contributed by atoms with Crippen LogP contribution in [0.5, 0.6) is 0 Å². The first-order valence-electron chi connectivity index (χ1n) is 7.87. The normalized spacial score (nSPS) is 12.0. The Bertz CT molecular complexity index is 797. The molecule has 4 nitrogen and oxygen atoms in total. The molecule has 2 aromatic carbocycles. The summed E-state index contributed by atoms with van der Waals surface area (Å²) in [6.07, 6.45) is 1.76. The fourth-order valence-electron chi connectivity index (χ4n) is 2.19. The molecule has 2 rings (SSSR count). The molecule has 1 amide bonds. The molecular formula is C20H20FNO3. The first-order chi connectivity index (χ1) is 11.8. The molecule has 0 aliphatic carbocycles. The molecule has 5 heteroatoms. The number of rotatable bonds is 5. The number of carbonyl (C=O) groups is 2. The van der Waals surface area contributed by atoms with Crippen LogP contribution in [0.2, 0.25) is 0 Å². The van der Waals surface area contributed by atoms with Crippen molar-refractivity contribution >= 4 is 23.6 Å². The largest absolute Gasteiger partial charge is 0.449 e. The molecule has 1 unspecified atom stereocenters. The highest BCUT2D eigenvalue weighted by Gasteiger charge is 2.17. The summed E-state index contributed by atoms with van der Waals surface area (Å²) in [6.45, 7) is 5.36. The smallest absolute Gasteiger partial charge is 0.331 e. The maximum atomic E-state index is 12.8. The van der Waals surface area contributed by atoms with Crippen molar-refractivity contribution in [2.45, 2.75) is 26.9 Å². The van der Waals surface area contributed by atoms with Crippen LogP contribution in [0.4, 0.5) is 10.1 Å². The van der Waals surface area contributed by atoms with Crippen LogP contribution in [0, 0.1) is 19.7 Å². The molecule has 1 atom stereocenters. The summed E-state index contributed by atoms with van der Waals surface area (Å²) in [6, 6.07) is 11.3. The Labute approximate surface area is 146 Å². The molecule has 25 heavy (non-hydrogen) atoms. The second-order valence-electron chi connectivity index (χ2n) is 5.77. The van der Waals surface area contributed by atoms with Crippen molar-refractivity contribution in [1.29, 1.82) is 0 Å². The summed E-state index contributed by atoms with van der Waals surface area (Å²) in [5, 5.41) is 2.74. The first-order valence-corrected chi connectivity index (χ1v) is 7.87. The number of amides is 1. The molecule has 1 N–H and O–H groups in total. The molecule has 0 aromatic heterocycles. The Kier molecular flexibility index (Phi) is 6.06. The minimum Gasteiger partial charge on any atom is -0.449 e. The number of nitrogens with one attached hydrogen (secondary N) is 1. The zero-order chi connectivity index (χ0) is 18.4. The lowest BCUT2D eigenvalue weighted by atomic mass is 10.1. The molecule has 0 radical (unpaired) electrons. The van der Waals surface area contributed by atoms with Crippen LogP contribution in [-0.2, 0) is 14.3 Å². The van der Waals surface area contributed by atoms with E-state index in [1.807, 2.05) is 32.0 Å². The van der Waals surface area contributed by atoms with Gasteiger partial charge in [0.1, 0.15) is 5.82 Å². The van der Waals surface area contributed by atoms with Gasteiger partial charge in [-0.1, -0.05) is 29.8 Å². The van der Waals surface area contributed by atoms with Crippen LogP contribution < -0.4 is 5.32 Å². The maximum absolute atomic E-state index is 12.8. The first kappa shape index (κ1) is 18.4. The number of esters is 1. The van der Waals surface area contributed by atoms with Gasteiger partial charge in [0.05, 0.1) is 0 Å². The predicted octanol–water partition coefficient (Wildman–Crippen LogP) is 4.03. The minimum absolute atomic E-state index is 0.351. The van der Waals surface area contributed by atoms with Gasteiger partial charge in [0.2, 0.25) is 0 Å². The van der Waals surface area contributed by atoms with Gasteiger partial charge in [0.25, 0.3) is 5.91 Å². The maximum Gasteiger partial charge on any atom is 0.331 e. The van der Waals surface area contributed by atoms with Gasteiger partial charge in [-0.3, -0.25) is 4.79 Å². The van der Waals surface area contributed by atoms with Crippen molar-refractivity contribution in [2.24, 2.45) is 0 Å². The zero-order valence-corrected chi connectivity index (χ0v) is 14.4. The molecule has 130 valence electrons. The van der Waals surface area contributed by atoms with Crippen molar-refractivity contribution in [1.82, 2.24) is 0 Å². The lowest BCUT2D eigenvalue weighted by Gasteiger charge is -2.14. The number of carbonyl (C=O) groups excluding carboxylic acids is 2. The Morgan fingerprint density at radius 3 is 2.44 bits per heavy atom. The SMILES string of the molecule is Cc1ccc(NC(=O)C(C)OC(=O)/C=C/c2ccc(F)cc2)c(C)c1. The van der Waals surface area contributed by atoms with E-state index >= 15 is 0 Å². The highest BCUT2D eigenvalue weighted by Crippen LogP contribution is 2.16. The average molecular weight is 341 g/mol. The van der Waals surface area contributed by atoms with E-state index in [0.717, 1.165) is 11.1 Å². The van der Waals surface area contributed by atoms with Crippen molar-refractivity contribution in [3.05, 3.63) is 71.0 Å².